The smallest absolute Gasteiger partial charge is 0.191 e. The summed E-state index contributed by atoms with van der Waals surface area (Å²) >= 11 is 1.74. The highest BCUT2D eigenvalue weighted by Crippen LogP contribution is 2.31. The van der Waals surface area contributed by atoms with Gasteiger partial charge in [0.1, 0.15) is 0 Å². The highest BCUT2D eigenvalue weighted by molar-refractivity contribution is 14.0. The Balaban J connectivity index is 0.00000312. The van der Waals surface area contributed by atoms with Crippen LogP contribution in [0.2, 0.25) is 0 Å². The molecule has 1 saturated heterocycles. The van der Waals surface area contributed by atoms with Gasteiger partial charge in [0.15, 0.2) is 5.96 Å². The zero-order valence-corrected chi connectivity index (χ0v) is 18.2. The lowest BCUT2D eigenvalue weighted by atomic mass is 9.84. The average Bonchev–Trinajstić information content (AvgIpc) is 3.07. The number of hydrogen-bond donors (Lipinski definition) is 3. The van der Waals surface area contributed by atoms with Crippen LogP contribution in [0.3, 0.4) is 0 Å². The SMILES string of the molecule is CCNC(=NCc1ccc(SC)cc1)NCC1(CCO)CCOC1.I. The number of hydrogen-bond acceptors (Lipinski definition) is 4. The summed E-state index contributed by atoms with van der Waals surface area (Å²) in [6, 6.07) is 8.50. The lowest BCUT2D eigenvalue weighted by molar-refractivity contribution is 0.127. The molecule has 7 heteroatoms. The molecule has 1 heterocycles. The van der Waals surface area contributed by atoms with Crippen molar-refractivity contribution in [1.82, 2.24) is 10.6 Å². The Labute approximate surface area is 172 Å². The summed E-state index contributed by atoms with van der Waals surface area (Å²) in [5.74, 6) is 0.815. The van der Waals surface area contributed by atoms with Gasteiger partial charge in [-0.3, -0.25) is 0 Å². The highest BCUT2D eigenvalue weighted by atomic mass is 127. The number of nitrogens with zero attached hydrogens (tertiary/aromatic N) is 1. The molecule has 1 aliphatic rings. The summed E-state index contributed by atoms with van der Waals surface area (Å²) in [6.07, 6.45) is 3.82. The van der Waals surface area contributed by atoms with Gasteiger partial charge in [0.25, 0.3) is 0 Å². The number of rotatable bonds is 8. The van der Waals surface area contributed by atoms with Gasteiger partial charge in [0.2, 0.25) is 0 Å². The second-order valence-electron chi connectivity index (χ2n) is 6.17. The van der Waals surface area contributed by atoms with E-state index in [2.05, 4.69) is 53.1 Å². The van der Waals surface area contributed by atoms with Gasteiger partial charge in [-0.25, -0.2) is 4.99 Å². The molecule has 0 spiro atoms. The average molecular weight is 479 g/mol. The molecule has 25 heavy (non-hydrogen) atoms. The zero-order valence-electron chi connectivity index (χ0n) is 15.1. The van der Waals surface area contributed by atoms with Crippen LogP contribution in [0.4, 0.5) is 0 Å². The molecule has 1 aliphatic heterocycles. The minimum Gasteiger partial charge on any atom is -0.396 e. The molecule has 3 N–H and O–H groups in total. The summed E-state index contributed by atoms with van der Waals surface area (Å²) in [5.41, 5.74) is 1.21. The first kappa shape index (κ1) is 22.5. The van der Waals surface area contributed by atoms with Crippen molar-refractivity contribution in [3.8, 4) is 0 Å². The van der Waals surface area contributed by atoms with E-state index in [0.717, 1.165) is 38.5 Å². The first-order chi connectivity index (χ1) is 11.7. The molecule has 1 fully saturated rings. The first-order valence-corrected chi connectivity index (χ1v) is 9.77. The fourth-order valence-corrected chi connectivity index (χ4v) is 3.23. The van der Waals surface area contributed by atoms with Gasteiger partial charge in [0.05, 0.1) is 13.2 Å². The molecule has 0 saturated carbocycles. The van der Waals surface area contributed by atoms with Crippen LogP contribution in [0.5, 0.6) is 0 Å². The van der Waals surface area contributed by atoms with Gasteiger partial charge in [-0.15, -0.1) is 35.7 Å². The fourth-order valence-electron chi connectivity index (χ4n) is 2.83. The van der Waals surface area contributed by atoms with Crippen LogP contribution in [0.25, 0.3) is 0 Å². The number of guanidine groups is 1. The van der Waals surface area contributed by atoms with Crippen molar-refractivity contribution in [2.75, 3.05) is 39.2 Å². The molecule has 142 valence electrons. The Morgan fingerprint density at radius 1 is 1.32 bits per heavy atom. The highest BCUT2D eigenvalue weighted by Gasteiger charge is 2.34. The third kappa shape index (κ3) is 7.32. The number of ether oxygens (including phenoxy) is 1. The molecule has 1 aromatic rings. The predicted octanol–water partition coefficient (Wildman–Crippen LogP) is 2.87. The molecule has 0 radical (unpaired) electrons. The number of aliphatic hydroxyl groups is 1. The summed E-state index contributed by atoms with van der Waals surface area (Å²) in [7, 11) is 0. The van der Waals surface area contributed by atoms with Crippen molar-refractivity contribution < 1.29 is 9.84 Å². The van der Waals surface area contributed by atoms with Gasteiger partial charge in [0, 0.05) is 36.6 Å². The number of aliphatic hydroxyl groups excluding tert-OH is 1. The van der Waals surface area contributed by atoms with Crippen molar-refractivity contribution in [1.29, 1.82) is 0 Å². The Morgan fingerprint density at radius 2 is 2.08 bits per heavy atom. The molecule has 0 aromatic heterocycles. The van der Waals surface area contributed by atoms with Gasteiger partial charge in [-0.1, -0.05) is 12.1 Å². The third-order valence-corrected chi connectivity index (χ3v) is 5.12. The second-order valence-corrected chi connectivity index (χ2v) is 7.05. The topological polar surface area (TPSA) is 65.9 Å². The molecule has 1 unspecified atom stereocenters. The molecular formula is C18H30IN3O2S. The van der Waals surface area contributed by atoms with E-state index in [-0.39, 0.29) is 36.0 Å². The van der Waals surface area contributed by atoms with E-state index in [0.29, 0.717) is 13.2 Å². The molecule has 1 atom stereocenters. The van der Waals surface area contributed by atoms with Gasteiger partial charge >= 0.3 is 0 Å². The van der Waals surface area contributed by atoms with Crippen LogP contribution < -0.4 is 10.6 Å². The van der Waals surface area contributed by atoms with E-state index in [1.165, 1.54) is 10.5 Å². The van der Waals surface area contributed by atoms with E-state index < -0.39 is 0 Å². The lowest BCUT2D eigenvalue weighted by Gasteiger charge is -2.27. The van der Waals surface area contributed by atoms with E-state index >= 15 is 0 Å². The van der Waals surface area contributed by atoms with Crippen LogP contribution in [-0.4, -0.2) is 50.2 Å². The number of thioether (sulfide) groups is 1. The maximum atomic E-state index is 9.32. The van der Waals surface area contributed by atoms with Gasteiger partial charge < -0.3 is 20.5 Å². The summed E-state index contributed by atoms with van der Waals surface area (Å²) in [5, 5.41) is 16.0. The number of nitrogens with one attached hydrogen (secondary N) is 2. The third-order valence-electron chi connectivity index (χ3n) is 4.38. The van der Waals surface area contributed by atoms with Crippen molar-refractivity contribution in [2.45, 2.75) is 31.2 Å². The van der Waals surface area contributed by atoms with Crippen molar-refractivity contribution >= 4 is 41.7 Å². The summed E-state index contributed by atoms with van der Waals surface area (Å²) in [4.78, 5) is 5.94. The maximum Gasteiger partial charge on any atom is 0.191 e. The molecule has 0 amide bonds. The molecule has 0 bridgehead atoms. The molecular weight excluding hydrogens is 449 g/mol. The lowest BCUT2D eigenvalue weighted by Crippen LogP contribution is -2.44. The van der Waals surface area contributed by atoms with Crippen LogP contribution in [0.15, 0.2) is 34.2 Å². The Kier molecular flexibility index (Phi) is 10.8. The molecule has 5 nitrogen and oxygen atoms in total. The van der Waals surface area contributed by atoms with Gasteiger partial charge in [-0.05, 0) is 43.7 Å². The number of aliphatic imine (C=N–C) groups is 1. The first-order valence-electron chi connectivity index (χ1n) is 8.55. The van der Waals surface area contributed by atoms with Crippen molar-refractivity contribution in [3.63, 3.8) is 0 Å². The molecule has 2 rings (SSSR count). The van der Waals surface area contributed by atoms with Crippen LogP contribution in [0.1, 0.15) is 25.3 Å². The van der Waals surface area contributed by atoms with Gasteiger partial charge in [-0.2, -0.15) is 0 Å². The largest absolute Gasteiger partial charge is 0.396 e. The Bertz CT molecular complexity index is 520. The quantitative estimate of drug-likeness (QED) is 0.232. The number of benzene rings is 1. The van der Waals surface area contributed by atoms with Crippen molar-refractivity contribution in [2.24, 2.45) is 10.4 Å². The molecule has 0 aliphatic carbocycles. The van der Waals surface area contributed by atoms with Crippen LogP contribution in [-0.2, 0) is 11.3 Å². The zero-order chi connectivity index (χ0) is 17.3. The second kappa shape index (κ2) is 12.0. The number of halogens is 1. The van der Waals surface area contributed by atoms with Crippen LogP contribution in [0, 0.1) is 5.41 Å². The fraction of sp³-hybridized carbons (Fsp3) is 0.611. The monoisotopic (exact) mass is 479 g/mol. The van der Waals surface area contributed by atoms with E-state index in [9.17, 15) is 5.11 Å². The summed E-state index contributed by atoms with van der Waals surface area (Å²) < 4.78 is 5.54. The van der Waals surface area contributed by atoms with E-state index in [1.54, 1.807) is 11.8 Å². The van der Waals surface area contributed by atoms with Crippen molar-refractivity contribution in [3.05, 3.63) is 29.8 Å². The van der Waals surface area contributed by atoms with E-state index in [4.69, 9.17) is 4.74 Å². The Hall–Kier alpha value is -0.510. The summed E-state index contributed by atoms with van der Waals surface area (Å²) in [6.45, 7) is 5.97. The predicted molar refractivity (Wildman–Crippen MR) is 116 cm³/mol. The standard InChI is InChI=1S/C18H29N3O2S.HI/c1-3-19-17(20-12-15-4-6-16(24-2)7-5-15)21-13-18(8-10-22)9-11-23-14-18;/h4-7,22H,3,8-14H2,1-2H3,(H2,19,20,21);1H. The maximum absolute atomic E-state index is 9.32. The normalized spacial score (nSPS) is 20.2. The minimum absolute atomic E-state index is 0. The Morgan fingerprint density at radius 3 is 2.64 bits per heavy atom. The van der Waals surface area contributed by atoms with Crippen LogP contribution >= 0.6 is 35.7 Å². The minimum atomic E-state index is 0. The molecule has 1 aromatic carbocycles. The van der Waals surface area contributed by atoms with E-state index in [1.807, 2.05) is 0 Å².